The fourth-order valence-electron chi connectivity index (χ4n) is 1.17. The zero-order chi connectivity index (χ0) is 10.6. The highest BCUT2D eigenvalue weighted by Crippen LogP contribution is 2.20. The van der Waals surface area contributed by atoms with Crippen molar-refractivity contribution in [3.8, 4) is 0 Å². The molecule has 0 aromatic heterocycles. The van der Waals surface area contributed by atoms with Crippen molar-refractivity contribution in [2.24, 2.45) is 0 Å². The van der Waals surface area contributed by atoms with Crippen molar-refractivity contribution in [3.63, 3.8) is 0 Å². The van der Waals surface area contributed by atoms with Gasteiger partial charge in [-0.05, 0) is 40.0 Å². The summed E-state index contributed by atoms with van der Waals surface area (Å²) in [5.41, 5.74) is 7.47. The Balaban J connectivity index is 2.68. The summed E-state index contributed by atoms with van der Waals surface area (Å²) < 4.78 is 12.4. The van der Waals surface area contributed by atoms with E-state index in [9.17, 15) is 4.21 Å². The summed E-state index contributed by atoms with van der Waals surface area (Å²) in [5.74, 6) is 1.36. The van der Waals surface area contributed by atoms with Gasteiger partial charge in [-0.25, -0.2) is 0 Å². The summed E-state index contributed by atoms with van der Waals surface area (Å²) in [6.45, 7) is 2.04. The van der Waals surface area contributed by atoms with E-state index in [4.69, 9.17) is 5.73 Å². The van der Waals surface area contributed by atoms with E-state index in [1.807, 2.05) is 25.1 Å². The van der Waals surface area contributed by atoms with Gasteiger partial charge in [0.1, 0.15) is 0 Å². The third-order valence-corrected chi connectivity index (χ3v) is 4.06. The van der Waals surface area contributed by atoms with Gasteiger partial charge in [0, 0.05) is 32.5 Å². The number of rotatable bonds is 4. The number of nitrogens with two attached hydrogens (primary N) is 1. The second-order valence-electron chi connectivity index (χ2n) is 3.14. The van der Waals surface area contributed by atoms with Crippen LogP contribution < -0.4 is 5.73 Å². The molecule has 4 heteroatoms. The molecule has 0 spiro atoms. The van der Waals surface area contributed by atoms with Crippen LogP contribution in [0.2, 0.25) is 0 Å². The third kappa shape index (κ3) is 3.42. The van der Waals surface area contributed by atoms with Gasteiger partial charge in [-0.1, -0.05) is 13.0 Å². The van der Waals surface area contributed by atoms with Gasteiger partial charge < -0.3 is 5.73 Å². The number of benzene rings is 1. The number of nitrogen functional groups attached to an aromatic ring is 1. The number of anilines is 1. The first-order valence-electron chi connectivity index (χ1n) is 4.52. The van der Waals surface area contributed by atoms with Crippen LogP contribution in [-0.4, -0.2) is 9.96 Å². The summed E-state index contributed by atoms with van der Waals surface area (Å²) >= 11 is 3.33. The molecule has 14 heavy (non-hydrogen) atoms. The highest BCUT2D eigenvalue weighted by molar-refractivity contribution is 9.10. The van der Waals surface area contributed by atoms with E-state index in [-0.39, 0.29) is 0 Å². The van der Waals surface area contributed by atoms with E-state index >= 15 is 0 Å². The van der Waals surface area contributed by atoms with E-state index in [0.717, 1.165) is 22.2 Å². The standard InChI is InChI=1S/C10H14BrNOS/c1-2-5-14(13)7-8-3-4-9(11)10(12)6-8/h3-4,6H,2,5,7,12H2,1H3. The first-order chi connectivity index (χ1) is 6.63. The Hall–Kier alpha value is -0.350. The van der Waals surface area contributed by atoms with Crippen LogP contribution in [0.4, 0.5) is 5.69 Å². The van der Waals surface area contributed by atoms with E-state index in [2.05, 4.69) is 15.9 Å². The lowest BCUT2D eigenvalue weighted by molar-refractivity contribution is 0.681. The van der Waals surface area contributed by atoms with Gasteiger partial charge in [0.05, 0.1) is 0 Å². The van der Waals surface area contributed by atoms with E-state index in [1.54, 1.807) is 0 Å². The predicted molar refractivity (Wildman–Crippen MR) is 65.6 cm³/mol. The van der Waals surface area contributed by atoms with Crippen molar-refractivity contribution in [1.82, 2.24) is 0 Å². The fraction of sp³-hybridized carbons (Fsp3) is 0.400. The molecule has 0 radical (unpaired) electrons. The minimum atomic E-state index is -0.757. The summed E-state index contributed by atoms with van der Waals surface area (Å²) in [4.78, 5) is 0. The molecule has 1 atom stereocenters. The second-order valence-corrected chi connectivity index (χ2v) is 5.58. The molecule has 0 heterocycles. The molecule has 1 rings (SSSR count). The smallest absolute Gasteiger partial charge is 0.0486 e. The zero-order valence-electron chi connectivity index (χ0n) is 8.13. The highest BCUT2D eigenvalue weighted by atomic mass is 79.9. The Morgan fingerprint density at radius 1 is 1.50 bits per heavy atom. The van der Waals surface area contributed by atoms with E-state index < -0.39 is 10.8 Å². The SMILES string of the molecule is CCCS(=O)Cc1ccc(Br)c(N)c1. The van der Waals surface area contributed by atoms with Crippen LogP contribution in [0.25, 0.3) is 0 Å². The molecule has 1 aromatic rings. The molecule has 0 aliphatic carbocycles. The average Bonchev–Trinajstić information content (AvgIpc) is 2.12. The van der Waals surface area contributed by atoms with E-state index in [1.165, 1.54) is 0 Å². The van der Waals surface area contributed by atoms with Gasteiger partial charge in [0.2, 0.25) is 0 Å². The third-order valence-electron chi connectivity index (χ3n) is 1.82. The highest BCUT2D eigenvalue weighted by Gasteiger charge is 2.02. The van der Waals surface area contributed by atoms with Crippen LogP contribution in [0.5, 0.6) is 0 Å². The molecule has 2 nitrogen and oxygen atoms in total. The van der Waals surface area contributed by atoms with Crippen LogP contribution in [0, 0.1) is 0 Å². The van der Waals surface area contributed by atoms with Crippen molar-refractivity contribution in [1.29, 1.82) is 0 Å². The molecule has 0 bridgehead atoms. The van der Waals surface area contributed by atoms with Gasteiger partial charge >= 0.3 is 0 Å². The molecule has 0 aliphatic heterocycles. The lowest BCUT2D eigenvalue weighted by Crippen LogP contribution is -2.00. The molecule has 0 saturated heterocycles. The molecule has 0 fully saturated rings. The number of hydrogen-bond donors (Lipinski definition) is 1. The van der Waals surface area contributed by atoms with Crippen LogP contribution in [-0.2, 0) is 16.6 Å². The Labute approximate surface area is 95.5 Å². The van der Waals surface area contributed by atoms with Crippen molar-refractivity contribution in [2.75, 3.05) is 11.5 Å². The zero-order valence-corrected chi connectivity index (χ0v) is 10.5. The Morgan fingerprint density at radius 3 is 2.79 bits per heavy atom. The van der Waals surface area contributed by atoms with Crippen LogP contribution in [0.1, 0.15) is 18.9 Å². The van der Waals surface area contributed by atoms with Gasteiger partial charge in [0.15, 0.2) is 0 Å². The molecule has 78 valence electrons. The molecule has 1 aromatic carbocycles. The summed E-state index contributed by atoms with van der Waals surface area (Å²) in [6.07, 6.45) is 0.957. The van der Waals surface area contributed by atoms with Gasteiger partial charge in [-0.3, -0.25) is 4.21 Å². The molecular weight excluding hydrogens is 262 g/mol. The van der Waals surface area contributed by atoms with Crippen molar-refractivity contribution >= 4 is 32.4 Å². The van der Waals surface area contributed by atoms with Gasteiger partial charge in [-0.15, -0.1) is 0 Å². The summed E-state index contributed by atoms with van der Waals surface area (Å²) in [7, 11) is -0.757. The molecule has 0 aliphatic rings. The fourth-order valence-corrected chi connectivity index (χ4v) is 2.57. The van der Waals surface area contributed by atoms with Crippen LogP contribution in [0.15, 0.2) is 22.7 Å². The van der Waals surface area contributed by atoms with Crippen molar-refractivity contribution < 1.29 is 4.21 Å². The minimum absolute atomic E-state index is 0.602. The van der Waals surface area contributed by atoms with E-state index in [0.29, 0.717) is 11.4 Å². The maximum absolute atomic E-state index is 11.5. The first-order valence-corrected chi connectivity index (χ1v) is 6.80. The topological polar surface area (TPSA) is 43.1 Å². The number of halogens is 1. The predicted octanol–water partition coefficient (Wildman–Crippen LogP) is 2.69. The maximum Gasteiger partial charge on any atom is 0.0486 e. The maximum atomic E-state index is 11.5. The molecule has 0 saturated carbocycles. The normalized spacial score (nSPS) is 12.7. The molecular formula is C10H14BrNOS. The monoisotopic (exact) mass is 275 g/mol. The number of hydrogen-bond acceptors (Lipinski definition) is 2. The second kappa shape index (κ2) is 5.51. The summed E-state index contributed by atoms with van der Waals surface area (Å²) in [5, 5.41) is 0. The Morgan fingerprint density at radius 2 is 2.21 bits per heavy atom. The van der Waals surface area contributed by atoms with Gasteiger partial charge in [0.25, 0.3) is 0 Å². The molecule has 1 unspecified atom stereocenters. The summed E-state index contributed by atoms with van der Waals surface area (Å²) in [6, 6.07) is 5.72. The quantitative estimate of drug-likeness (QED) is 0.859. The van der Waals surface area contributed by atoms with Crippen LogP contribution >= 0.6 is 15.9 Å². The molecule has 0 amide bonds. The minimum Gasteiger partial charge on any atom is -0.398 e. The first kappa shape index (κ1) is 11.7. The Bertz CT molecular complexity index is 341. The van der Waals surface area contributed by atoms with Gasteiger partial charge in [-0.2, -0.15) is 0 Å². The lowest BCUT2D eigenvalue weighted by atomic mass is 10.2. The Kier molecular flexibility index (Phi) is 4.62. The van der Waals surface area contributed by atoms with Crippen LogP contribution in [0.3, 0.4) is 0 Å². The largest absolute Gasteiger partial charge is 0.398 e. The molecule has 2 N–H and O–H groups in total. The van der Waals surface area contributed by atoms with Crippen molar-refractivity contribution in [3.05, 3.63) is 28.2 Å². The average molecular weight is 276 g/mol. The van der Waals surface area contributed by atoms with Crippen molar-refractivity contribution in [2.45, 2.75) is 19.1 Å². The lowest BCUT2D eigenvalue weighted by Gasteiger charge is -2.03.